The summed E-state index contributed by atoms with van der Waals surface area (Å²) in [5.74, 6) is 0. The van der Waals surface area contributed by atoms with Crippen LogP contribution in [-0.4, -0.2) is 72.0 Å². The lowest BCUT2D eigenvalue weighted by atomic mass is 10.1. The first kappa shape index (κ1) is 12.1. The quantitative estimate of drug-likeness (QED) is 0.775. The third-order valence-electron chi connectivity index (χ3n) is 4.12. The molecule has 2 aliphatic rings. The van der Waals surface area contributed by atoms with Crippen LogP contribution in [0.15, 0.2) is 24.5 Å². The molecule has 0 radical (unpaired) electrons. The molecular formula is C14H22N4. The van der Waals surface area contributed by atoms with Crippen molar-refractivity contribution in [3.8, 4) is 0 Å². The lowest BCUT2D eigenvalue weighted by Gasteiger charge is -2.47. The molecule has 0 N–H and O–H groups in total. The molecule has 2 fully saturated rings. The molecule has 2 saturated heterocycles. The predicted molar refractivity (Wildman–Crippen MR) is 72.4 cm³/mol. The second-order valence-corrected chi connectivity index (χ2v) is 5.55. The lowest BCUT2D eigenvalue weighted by molar-refractivity contribution is 0.00541. The highest BCUT2D eigenvalue weighted by Gasteiger charge is 2.32. The van der Waals surface area contributed by atoms with E-state index in [4.69, 9.17) is 0 Å². The molecule has 0 aliphatic carbocycles. The van der Waals surface area contributed by atoms with Crippen LogP contribution in [0.3, 0.4) is 0 Å². The summed E-state index contributed by atoms with van der Waals surface area (Å²) < 4.78 is 0. The summed E-state index contributed by atoms with van der Waals surface area (Å²) in [5.41, 5.74) is 1.33. The van der Waals surface area contributed by atoms with E-state index in [9.17, 15) is 0 Å². The van der Waals surface area contributed by atoms with Crippen LogP contribution in [0.2, 0.25) is 0 Å². The summed E-state index contributed by atoms with van der Waals surface area (Å²) in [7, 11) is 2.22. The van der Waals surface area contributed by atoms with E-state index in [2.05, 4.69) is 32.8 Å². The molecule has 0 spiro atoms. The number of nitrogens with zero attached hydrogens (tertiary/aromatic N) is 4. The molecule has 98 valence electrons. The van der Waals surface area contributed by atoms with Gasteiger partial charge in [-0.15, -0.1) is 0 Å². The van der Waals surface area contributed by atoms with Gasteiger partial charge in [0.25, 0.3) is 0 Å². The van der Waals surface area contributed by atoms with Crippen molar-refractivity contribution in [2.75, 3.05) is 46.3 Å². The molecule has 3 rings (SSSR count). The summed E-state index contributed by atoms with van der Waals surface area (Å²) in [4.78, 5) is 11.8. The van der Waals surface area contributed by atoms with Gasteiger partial charge in [0.15, 0.2) is 0 Å². The summed E-state index contributed by atoms with van der Waals surface area (Å²) in [5, 5.41) is 0. The Kier molecular flexibility index (Phi) is 3.59. The van der Waals surface area contributed by atoms with Crippen LogP contribution in [0.25, 0.3) is 0 Å². The molecule has 0 unspecified atom stereocenters. The third-order valence-corrected chi connectivity index (χ3v) is 4.12. The zero-order chi connectivity index (χ0) is 12.4. The van der Waals surface area contributed by atoms with Crippen LogP contribution in [0.1, 0.15) is 5.56 Å². The van der Waals surface area contributed by atoms with Crippen molar-refractivity contribution in [2.24, 2.45) is 0 Å². The van der Waals surface area contributed by atoms with Crippen LogP contribution in [0.4, 0.5) is 0 Å². The predicted octanol–water partition coefficient (Wildman–Crippen LogP) is 0.513. The number of piperazine rings is 1. The van der Waals surface area contributed by atoms with E-state index in [0.717, 1.165) is 12.6 Å². The first-order valence-electron chi connectivity index (χ1n) is 6.85. The van der Waals surface area contributed by atoms with E-state index in [1.807, 2.05) is 18.5 Å². The van der Waals surface area contributed by atoms with Crippen LogP contribution in [-0.2, 0) is 6.54 Å². The van der Waals surface area contributed by atoms with Gasteiger partial charge in [-0.3, -0.25) is 14.8 Å². The largest absolute Gasteiger partial charge is 0.304 e. The molecule has 2 aliphatic heterocycles. The third kappa shape index (κ3) is 2.71. The maximum Gasteiger partial charge on any atom is 0.0351 e. The summed E-state index contributed by atoms with van der Waals surface area (Å²) >= 11 is 0. The number of likely N-dealkylation sites (N-methyl/N-ethyl adjacent to an activating group) is 1. The fourth-order valence-corrected chi connectivity index (χ4v) is 2.84. The van der Waals surface area contributed by atoms with E-state index in [-0.39, 0.29) is 0 Å². The van der Waals surface area contributed by atoms with Gasteiger partial charge in [0.2, 0.25) is 0 Å². The maximum atomic E-state index is 4.17. The van der Waals surface area contributed by atoms with E-state index in [1.54, 1.807) is 0 Å². The van der Waals surface area contributed by atoms with Gasteiger partial charge in [-0.1, -0.05) is 6.07 Å². The summed E-state index contributed by atoms with van der Waals surface area (Å²) in [6.45, 7) is 8.41. The second-order valence-electron chi connectivity index (χ2n) is 5.55. The molecular weight excluding hydrogens is 224 g/mol. The van der Waals surface area contributed by atoms with Gasteiger partial charge in [0, 0.05) is 64.2 Å². The number of hydrogen-bond acceptors (Lipinski definition) is 4. The van der Waals surface area contributed by atoms with Crippen LogP contribution >= 0.6 is 0 Å². The fraction of sp³-hybridized carbons (Fsp3) is 0.643. The van der Waals surface area contributed by atoms with Crippen LogP contribution in [0.5, 0.6) is 0 Å². The molecule has 18 heavy (non-hydrogen) atoms. The van der Waals surface area contributed by atoms with Crippen molar-refractivity contribution in [1.82, 2.24) is 19.7 Å². The molecule has 0 aromatic carbocycles. The second kappa shape index (κ2) is 5.34. The normalized spacial score (nSPS) is 24.1. The highest BCUT2D eigenvalue weighted by Crippen LogP contribution is 2.18. The average molecular weight is 246 g/mol. The zero-order valence-electron chi connectivity index (χ0n) is 11.1. The van der Waals surface area contributed by atoms with Gasteiger partial charge in [-0.25, -0.2) is 0 Å². The molecule has 4 nitrogen and oxygen atoms in total. The number of aromatic nitrogens is 1. The summed E-state index contributed by atoms with van der Waals surface area (Å²) in [6, 6.07) is 4.97. The van der Waals surface area contributed by atoms with Gasteiger partial charge >= 0.3 is 0 Å². The molecule has 0 saturated carbocycles. The minimum atomic E-state index is 0.787. The van der Waals surface area contributed by atoms with Crippen molar-refractivity contribution >= 4 is 0 Å². The lowest BCUT2D eigenvalue weighted by Crippen LogP contribution is -2.62. The highest BCUT2D eigenvalue weighted by atomic mass is 15.3. The SMILES string of the molecule is CN1CCN(C2CN(Cc3cccnc3)C2)CC1. The van der Waals surface area contributed by atoms with Gasteiger partial charge in [-0.2, -0.15) is 0 Å². The Bertz CT molecular complexity index is 367. The van der Waals surface area contributed by atoms with E-state index >= 15 is 0 Å². The molecule has 0 bridgehead atoms. The van der Waals surface area contributed by atoms with Crippen LogP contribution < -0.4 is 0 Å². The average Bonchev–Trinajstić information content (AvgIpc) is 2.36. The van der Waals surface area contributed by atoms with E-state index in [1.165, 1.54) is 44.8 Å². The van der Waals surface area contributed by atoms with Crippen molar-refractivity contribution in [2.45, 2.75) is 12.6 Å². The Balaban J connectivity index is 1.43. The molecule has 0 amide bonds. The van der Waals surface area contributed by atoms with E-state index in [0.29, 0.717) is 0 Å². The van der Waals surface area contributed by atoms with Crippen molar-refractivity contribution < 1.29 is 0 Å². The van der Waals surface area contributed by atoms with Crippen molar-refractivity contribution in [3.63, 3.8) is 0 Å². The van der Waals surface area contributed by atoms with Gasteiger partial charge in [-0.05, 0) is 18.7 Å². The van der Waals surface area contributed by atoms with Gasteiger partial charge < -0.3 is 4.90 Å². The minimum absolute atomic E-state index is 0.787. The molecule has 0 atom stereocenters. The highest BCUT2D eigenvalue weighted by molar-refractivity contribution is 5.09. The first-order chi connectivity index (χ1) is 8.81. The summed E-state index contributed by atoms with van der Waals surface area (Å²) in [6.07, 6.45) is 3.82. The van der Waals surface area contributed by atoms with Crippen molar-refractivity contribution in [3.05, 3.63) is 30.1 Å². The maximum absolute atomic E-state index is 4.17. The zero-order valence-corrected chi connectivity index (χ0v) is 11.1. The van der Waals surface area contributed by atoms with Crippen LogP contribution in [0, 0.1) is 0 Å². The number of pyridine rings is 1. The first-order valence-corrected chi connectivity index (χ1v) is 6.85. The Hall–Kier alpha value is -0.970. The minimum Gasteiger partial charge on any atom is -0.304 e. The molecule has 1 aromatic rings. The standard InChI is InChI=1S/C14H22N4/c1-16-5-7-18(8-6-16)14-11-17(12-14)10-13-3-2-4-15-9-13/h2-4,9,14H,5-8,10-12H2,1H3. The molecule has 1 aromatic heterocycles. The number of rotatable bonds is 3. The number of hydrogen-bond donors (Lipinski definition) is 0. The van der Waals surface area contributed by atoms with E-state index < -0.39 is 0 Å². The van der Waals surface area contributed by atoms with Crippen molar-refractivity contribution in [1.29, 1.82) is 0 Å². The monoisotopic (exact) mass is 246 g/mol. The van der Waals surface area contributed by atoms with Gasteiger partial charge in [0.1, 0.15) is 0 Å². The Morgan fingerprint density at radius 3 is 2.67 bits per heavy atom. The smallest absolute Gasteiger partial charge is 0.0351 e. The molecule has 3 heterocycles. The topological polar surface area (TPSA) is 22.6 Å². The van der Waals surface area contributed by atoms with Gasteiger partial charge in [0.05, 0.1) is 0 Å². The molecule has 4 heteroatoms. The fourth-order valence-electron chi connectivity index (χ4n) is 2.84. The Labute approximate surface area is 109 Å². The number of likely N-dealkylation sites (tertiary alicyclic amines) is 1. The Morgan fingerprint density at radius 1 is 1.22 bits per heavy atom. The Morgan fingerprint density at radius 2 is 2.00 bits per heavy atom.